The molecule has 0 spiro atoms. The minimum absolute atomic E-state index is 0.0474. The molecule has 10 atom stereocenters. The summed E-state index contributed by atoms with van der Waals surface area (Å²) in [6, 6.07) is 0. The summed E-state index contributed by atoms with van der Waals surface area (Å²) in [5.74, 6) is -0.909. The number of aliphatic hydroxyl groups excluding tert-OH is 2. The molecule has 4 rings (SSSR count). The van der Waals surface area contributed by atoms with Crippen LogP contribution in [-0.2, 0) is 14.3 Å². The van der Waals surface area contributed by atoms with Crippen molar-refractivity contribution in [1.29, 1.82) is 0 Å². The highest BCUT2D eigenvalue weighted by Gasteiger charge is 2.70. The molecule has 0 amide bonds. The molecular formula is C31H48O6. The number of aliphatic hydroxyl groups is 2. The van der Waals surface area contributed by atoms with E-state index in [9.17, 15) is 24.9 Å². The van der Waals surface area contributed by atoms with Gasteiger partial charge in [-0.25, -0.2) is 4.79 Å². The number of carboxylic acids is 1. The highest BCUT2D eigenvalue weighted by atomic mass is 16.5. The molecule has 208 valence electrons. The highest BCUT2D eigenvalue weighted by Crippen LogP contribution is 2.74. The molecule has 0 aromatic heterocycles. The number of ether oxygens (including phenoxy) is 1. The zero-order chi connectivity index (χ0) is 27.5. The van der Waals surface area contributed by atoms with Gasteiger partial charge in [-0.05, 0) is 111 Å². The Balaban J connectivity index is 1.82. The van der Waals surface area contributed by atoms with Crippen molar-refractivity contribution in [3.8, 4) is 0 Å². The maximum absolute atomic E-state index is 12.6. The van der Waals surface area contributed by atoms with E-state index in [4.69, 9.17) is 4.74 Å². The average molecular weight is 517 g/mol. The topological polar surface area (TPSA) is 104 Å². The van der Waals surface area contributed by atoms with Crippen LogP contribution in [-0.4, -0.2) is 45.6 Å². The molecule has 4 saturated carbocycles. The van der Waals surface area contributed by atoms with E-state index in [-0.39, 0.29) is 40.1 Å². The largest absolute Gasteiger partial charge is 0.478 e. The molecule has 4 fully saturated rings. The summed E-state index contributed by atoms with van der Waals surface area (Å²) in [5.41, 5.74) is 1.57. The van der Waals surface area contributed by atoms with Crippen LogP contribution in [0.25, 0.3) is 0 Å². The Morgan fingerprint density at radius 3 is 2.30 bits per heavy atom. The molecule has 4 aliphatic carbocycles. The zero-order valence-electron chi connectivity index (χ0n) is 23.8. The van der Waals surface area contributed by atoms with Crippen LogP contribution in [0.4, 0.5) is 0 Å². The van der Waals surface area contributed by atoms with Crippen molar-refractivity contribution in [2.24, 2.45) is 39.9 Å². The van der Waals surface area contributed by atoms with Gasteiger partial charge in [-0.2, -0.15) is 0 Å². The van der Waals surface area contributed by atoms with E-state index in [1.165, 1.54) is 6.92 Å². The summed E-state index contributed by atoms with van der Waals surface area (Å²) in [6.45, 7) is 14.5. The Labute approximate surface area is 222 Å². The molecule has 0 aromatic rings. The summed E-state index contributed by atoms with van der Waals surface area (Å²) < 4.78 is 5.87. The first kappa shape index (κ1) is 28.4. The molecule has 0 radical (unpaired) electrons. The molecular weight excluding hydrogens is 468 g/mol. The number of carboxylic acid groups (broad SMARTS) is 1. The second-order valence-corrected chi connectivity index (χ2v) is 13.6. The summed E-state index contributed by atoms with van der Waals surface area (Å²) >= 11 is 0. The maximum Gasteiger partial charge on any atom is 0.331 e. The number of esters is 1. The Morgan fingerprint density at radius 1 is 1.03 bits per heavy atom. The summed E-state index contributed by atoms with van der Waals surface area (Å²) in [6.07, 6.45) is 6.22. The van der Waals surface area contributed by atoms with Crippen molar-refractivity contribution in [1.82, 2.24) is 0 Å². The predicted molar refractivity (Wildman–Crippen MR) is 143 cm³/mol. The lowest BCUT2D eigenvalue weighted by atomic mass is 9.36. The van der Waals surface area contributed by atoms with Crippen molar-refractivity contribution >= 4 is 11.9 Å². The Morgan fingerprint density at radius 2 is 1.70 bits per heavy atom. The lowest BCUT2D eigenvalue weighted by Crippen LogP contribution is -2.65. The van der Waals surface area contributed by atoms with Gasteiger partial charge >= 0.3 is 11.9 Å². The third kappa shape index (κ3) is 4.40. The highest BCUT2D eigenvalue weighted by molar-refractivity contribution is 5.88. The second kappa shape index (κ2) is 9.82. The molecule has 0 bridgehead atoms. The maximum atomic E-state index is 12.6. The first-order valence-corrected chi connectivity index (χ1v) is 14.3. The fourth-order valence-corrected chi connectivity index (χ4v) is 9.79. The van der Waals surface area contributed by atoms with Gasteiger partial charge in [0, 0.05) is 12.5 Å². The number of allylic oxidation sites excluding steroid dienone is 2. The van der Waals surface area contributed by atoms with Crippen molar-refractivity contribution in [3.05, 3.63) is 22.8 Å². The molecule has 6 nitrogen and oxygen atoms in total. The van der Waals surface area contributed by atoms with Crippen molar-refractivity contribution < 1.29 is 29.6 Å². The Bertz CT molecular complexity index is 994. The van der Waals surface area contributed by atoms with Crippen LogP contribution >= 0.6 is 0 Å². The van der Waals surface area contributed by atoms with E-state index in [0.29, 0.717) is 37.2 Å². The van der Waals surface area contributed by atoms with Crippen LogP contribution in [0.1, 0.15) is 99.8 Å². The summed E-state index contributed by atoms with van der Waals surface area (Å²) in [7, 11) is 0. The lowest BCUT2D eigenvalue weighted by Gasteiger charge is -2.69. The van der Waals surface area contributed by atoms with Crippen molar-refractivity contribution in [3.63, 3.8) is 0 Å². The van der Waals surface area contributed by atoms with Crippen LogP contribution in [0.5, 0.6) is 0 Å². The monoisotopic (exact) mass is 516 g/mol. The van der Waals surface area contributed by atoms with E-state index < -0.39 is 24.1 Å². The zero-order valence-corrected chi connectivity index (χ0v) is 23.8. The molecule has 0 heterocycles. The van der Waals surface area contributed by atoms with E-state index in [0.717, 1.165) is 36.8 Å². The second-order valence-electron chi connectivity index (χ2n) is 13.6. The molecule has 0 saturated heterocycles. The number of carbonyl (C=O) groups excluding carboxylic acids is 1. The van der Waals surface area contributed by atoms with Gasteiger partial charge in [0.1, 0.15) is 6.10 Å². The number of fused-ring (bicyclic) bond motifs is 5. The first-order valence-electron chi connectivity index (χ1n) is 14.3. The van der Waals surface area contributed by atoms with Gasteiger partial charge < -0.3 is 20.1 Å². The molecule has 6 heteroatoms. The fraction of sp³-hybridized carbons (Fsp3) is 0.806. The molecule has 37 heavy (non-hydrogen) atoms. The number of hydrogen-bond acceptors (Lipinski definition) is 5. The number of aliphatic carboxylic acids is 1. The number of rotatable bonds is 5. The summed E-state index contributed by atoms with van der Waals surface area (Å²) in [5, 5.41) is 32.9. The van der Waals surface area contributed by atoms with Crippen molar-refractivity contribution in [2.45, 2.75) is 118 Å². The molecule has 4 aliphatic rings. The molecule has 3 N–H and O–H groups in total. The third-order valence-corrected chi connectivity index (χ3v) is 11.6. The normalized spacial score (nSPS) is 46.2. The predicted octanol–water partition coefficient (Wildman–Crippen LogP) is 5.67. The van der Waals surface area contributed by atoms with Crippen LogP contribution in [0.15, 0.2) is 22.8 Å². The quantitative estimate of drug-likeness (QED) is 0.247. The first-order chi connectivity index (χ1) is 17.2. The fourth-order valence-electron chi connectivity index (χ4n) is 9.79. The van der Waals surface area contributed by atoms with E-state index in [1.807, 2.05) is 19.9 Å². The SMILES string of the molecule is CC(=O)OC1CC2(C)C(CC(O)C3C4(C)CCC(O)C(C)C4CCC32C)/C1=C(\CCC=C(C)C)C(=O)O. The average Bonchev–Trinajstić information content (AvgIpc) is 3.05. The smallest absolute Gasteiger partial charge is 0.331 e. The molecule has 0 aromatic carbocycles. The molecule has 0 aliphatic heterocycles. The van der Waals surface area contributed by atoms with Crippen molar-refractivity contribution in [2.75, 3.05) is 0 Å². The van der Waals surface area contributed by atoms with Gasteiger partial charge in [0.25, 0.3) is 0 Å². The van der Waals surface area contributed by atoms with Gasteiger partial charge in [0.05, 0.1) is 12.2 Å². The van der Waals surface area contributed by atoms with Gasteiger partial charge in [-0.3, -0.25) is 4.79 Å². The number of hydrogen-bond donors (Lipinski definition) is 3. The van der Waals surface area contributed by atoms with E-state index in [1.54, 1.807) is 0 Å². The van der Waals surface area contributed by atoms with E-state index >= 15 is 0 Å². The van der Waals surface area contributed by atoms with Crippen LogP contribution in [0.3, 0.4) is 0 Å². The van der Waals surface area contributed by atoms with Crippen LogP contribution in [0, 0.1) is 39.9 Å². The van der Waals surface area contributed by atoms with Crippen LogP contribution in [0.2, 0.25) is 0 Å². The summed E-state index contributed by atoms with van der Waals surface area (Å²) in [4.78, 5) is 24.8. The van der Waals surface area contributed by atoms with Gasteiger partial charge in [-0.1, -0.05) is 39.3 Å². The minimum Gasteiger partial charge on any atom is -0.478 e. The van der Waals surface area contributed by atoms with Gasteiger partial charge in [0.2, 0.25) is 0 Å². The molecule has 10 unspecified atom stereocenters. The van der Waals surface area contributed by atoms with Crippen LogP contribution < -0.4 is 0 Å². The standard InChI is InChI=1S/C31H48O6/c1-17(2)9-8-10-20(28(35)36)26-22-15-24(34)27-29(5)13-12-23(33)18(3)21(29)11-14-30(27,6)31(22,7)16-25(26)37-19(4)32/h9,18,21-25,27,33-34H,8,10-16H2,1-7H3,(H,35,36)/b26-20-. The Kier molecular flexibility index (Phi) is 7.53. The lowest BCUT2D eigenvalue weighted by molar-refractivity contribution is -0.234. The number of carbonyl (C=O) groups is 2. The van der Waals surface area contributed by atoms with Gasteiger partial charge in [0.15, 0.2) is 0 Å². The van der Waals surface area contributed by atoms with Gasteiger partial charge in [-0.15, -0.1) is 0 Å². The minimum atomic E-state index is -0.953. The van der Waals surface area contributed by atoms with E-state index in [2.05, 4.69) is 27.7 Å². The Hall–Kier alpha value is -1.66. The third-order valence-electron chi connectivity index (χ3n) is 11.6.